The number of nitrogens with one attached hydrogen (secondary N) is 1. The second-order valence-electron chi connectivity index (χ2n) is 9.60. The lowest BCUT2D eigenvalue weighted by atomic mass is 9.85. The Kier molecular flexibility index (Phi) is 6.50. The zero-order valence-corrected chi connectivity index (χ0v) is 19.4. The Morgan fingerprint density at radius 3 is 2.24 bits per heavy atom. The summed E-state index contributed by atoms with van der Waals surface area (Å²) in [5, 5.41) is 1.90. The Labute approximate surface area is 191 Å². The smallest absolute Gasteiger partial charge is 0.376 e. The van der Waals surface area contributed by atoms with E-state index in [0.29, 0.717) is 13.0 Å². The van der Waals surface area contributed by atoms with Crippen molar-refractivity contribution in [2.75, 3.05) is 13.2 Å². The fourth-order valence-corrected chi connectivity index (χ4v) is 4.41. The maximum atomic E-state index is 14.6. The average Bonchev–Trinajstić information content (AvgIpc) is 3.28. The van der Waals surface area contributed by atoms with Gasteiger partial charge < -0.3 is 15.0 Å². The molecule has 0 saturated carbocycles. The number of hydrogen-bond acceptors (Lipinski definition) is 4. The van der Waals surface area contributed by atoms with Crippen LogP contribution in [0.4, 0.5) is 13.2 Å². The minimum Gasteiger partial charge on any atom is -0.376 e. The highest BCUT2D eigenvalue weighted by Gasteiger charge is 2.70. The Balaban J connectivity index is 2.02. The van der Waals surface area contributed by atoms with Gasteiger partial charge in [0.15, 0.2) is 5.78 Å². The molecular formula is C24H29F3N2O4. The van der Waals surface area contributed by atoms with Crippen molar-refractivity contribution in [3.63, 3.8) is 0 Å². The number of halogens is 3. The van der Waals surface area contributed by atoms with E-state index in [1.165, 1.54) is 19.1 Å². The van der Waals surface area contributed by atoms with Gasteiger partial charge in [0.25, 0.3) is 11.8 Å². The number of rotatable bonds is 5. The van der Waals surface area contributed by atoms with Crippen molar-refractivity contribution in [2.45, 2.75) is 70.7 Å². The van der Waals surface area contributed by atoms with Gasteiger partial charge in [0, 0.05) is 17.9 Å². The number of carbonyl (C=O) groups excluding carboxylic acids is 3. The summed E-state index contributed by atoms with van der Waals surface area (Å²) in [5.74, 6) is -3.42. The van der Waals surface area contributed by atoms with Crippen molar-refractivity contribution >= 4 is 17.6 Å². The third kappa shape index (κ3) is 4.43. The number of benzene rings is 1. The van der Waals surface area contributed by atoms with Crippen LogP contribution >= 0.6 is 0 Å². The largest absolute Gasteiger partial charge is 0.425 e. The van der Waals surface area contributed by atoms with Crippen LogP contribution in [0, 0.1) is 0 Å². The van der Waals surface area contributed by atoms with Gasteiger partial charge in [0.05, 0.1) is 18.2 Å². The van der Waals surface area contributed by atoms with Gasteiger partial charge in [-0.25, -0.2) is 0 Å². The summed E-state index contributed by atoms with van der Waals surface area (Å²) in [6.07, 6.45) is -4.33. The number of ketones is 1. The monoisotopic (exact) mass is 466 g/mol. The Bertz CT molecular complexity index is 986. The molecular weight excluding hydrogens is 437 g/mol. The molecule has 2 aliphatic rings. The molecule has 0 aromatic heterocycles. The van der Waals surface area contributed by atoms with Crippen molar-refractivity contribution in [2.24, 2.45) is 0 Å². The molecule has 0 aliphatic carbocycles. The van der Waals surface area contributed by atoms with E-state index in [-0.39, 0.29) is 23.2 Å². The van der Waals surface area contributed by atoms with Gasteiger partial charge in [-0.3, -0.25) is 14.4 Å². The van der Waals surface area contributed by atoms with Crippen molar-refractivity contribution in [1.82, 2.24) is 10.2 Å². The molecule has 3 rings (SSSR count). The molecule has 6 nitrogen and oxygen atoms in total. The molecule has 0 radical (unpaired) electrons. The van der Waals surface area contributed by atoms with Gasteiger partial charge in [0.2, 0.25) is 5.54 Å². The SMILES string of the molecule is CC(=O)C1=C(C)N(CC2CCCO2)C(=O)C1(NC(=O)c1ccc(C(C)(C)C)cc1)C(F)(F)F. The third-order valence-corrected chi connectivity index (χ3v) is 6.21. The van der Waals surface area contributed by atoms with E-state index in [1.807, 2.05) is 26.1 Å². The van der Waals surface area contributed by atoms with Crippen molar-refractivity contribution in [3.05, 3.63) is 46.7 Å². The minimum atomic E-state index is -5.24. The first-order chi connectivity index (χ1) is 15.2. The standard InChI is InChI=1S/C24H29F3N2O4/c1-14-19(15(2)30)23(24(25,26)27,21(32)29(14)13-18-7-6-12-33-18)28-20(31)16-8-10-17(11-9-16)22(3,4)5/h8-11,18H,6-7,12-13H2,1-5H3,(H,28,31). The minimum absolute atomic E-state index is 0.0439. The van der Waals surface area contributed by atoms with Gasteiger partial charge in [-0.05, 0) is 49.8 Å². The first-order valence-electron chi connectivity index (χ1n) is 10.9. The predicted octanol–water partition coefficient (Wildman–Crippen LogP) is 3.90. The number of allylic oxidation sites excluding steroid dienone is 1. The molecule has 1 saturated heterocycles. The first kappa shape index (κ1) is 25.0. The van der Waals surface area contributed by atoms with Gasteiger partial charge in [-0.15, -0.1) is 0 Å². The van der Waals surface area contributed by atoms with Crippen LogP contribution in [-0.4, -0.2) is 53.5 Å². The zero-order valence-electron chi connectivity index (χ0n) is 19.4. The molecule has 33 heavy (non-hydrogen) atoms. The normalized spacial score (nSPS) is 23.9. The molecule has 2 atom stereocenters. The topological polar surface area (TPSA) is 75.7 Å². The molecule has 2 aliphatic heterocycles. The highest BCUT2D eigenvalue weighted by molar-refractivity contribution is 6.13. The Morgan fingerprint density at radius 1 is 1.18 bits per heavy atom. The summed E-state index contributed by atoms with van der Waals surface area (Å²) >= 11 is 0. The van der Waals surface area contributed by atoms with E-state index in [9.17, 15) is 27.6 Å². The lowest BCUT2D eigenvalue weighted by Gasteiger charge is -2.33. The maximum Gasteiger partial charge on any atom is 0.425 e. The molecule has 9 heteroatoms. The third-order valence-electron chi connectivity index (χ3n) is 6.21. The number of nitrogens with zero attached hydrogens (tertiary/aromatic N) is 1. The van der Waals surface area contributed by atoms with Crippen LogP contribution in [0.3, 0.4) is 0 Å². The molecule has 1 fully saturated rings. The number of ether oxygens (including phenoxy) is 1. The quantitative estimate of drug-likeness (QED) is 0.714. The lowest BCUT2D eigenvalue weighted by molar-refractivity contribution is -0.191. The average molecular weight is 467 g/mol. The maximum absolute atomic E-state index is 14.6. The second kappa shape index (κ2) is 8.59. The molecule has 0 bridgehead atoms. The zero-order chi connectivity index (χ0) is 24.8. The van der Waals surface area contributed by atoms with E-state index in [0.717, 1.165) is 23.8 Å². The van der Waals surface area contributed by atoms with Crippen molar-refractivity contribution in [1.29, 1.82) is 0 Å². The molecule has 1 aromatic carbocycles. The van der Waals surface area contributed by atoms with Crippen molar-refractivity contribution < 1.29 is 32.3 Å². The van der Waals surface area contributed by atoms with E-state index in [1.54, 1.807) is 12.1 Å². The number of alkyl halides is 3. The fourth-order valence-electron chi connectivity index (χ4n) is 4.41. The van der Waals surface area contributed by atoms with Crippen LogP contribution in [0.15, 0.2) is 35.5 Å². The molecule has 180 valence electrons. The van der Waals surface area contributed by atoms with Crippen LogP contribution in [0.1, 0.15) is 63.4 Å². The number of Topliss-reactive ketones (excluding diaryl/α,β-unsaturated/α-hetero) is 1. The van der Waals surface area contributed by atoms with E-state index in [2.05, 4.69) is 0 Å². The molecule has 2 heterocycles. The van der Waals surface area contributed by atoms with Crippen LogP contribution in [0.25, 0.3) is 0 Å². The number of carbonyl (C=O) groups is 3. The Hall–Kier alpha value is -2.68. The van der Waals surface area contributed by atoms with E-state index in [4.69, 9.17) is 4.74 Å². The Morgan fingerprint density at radius 2 is 1.79 bits per heavy atom. The molecule has 0 spiro atoms. The van der Waals surface area contributed by atoms with Gasteiger partial charge in [-0.1, -0.05) is 32.9 Å². The van der Waals surface area contributed by atoms with Gasteiger partial charge in [0.1, 0.15) is 0 Å². The van der Waals surface area contributed by atoms with Crippen molar-refractivity contribution in [3.8, 4) is 0 Å². The first-order valence-corrected chi connectivity index (χ1v) is 10.9. The summed E-state index contributed by atoms with van der Waals surface area (Å²) in [4.78, 5) is 39.5. The van der Waals surface area contributed by atoms with Gasteiger partial charge >= 0.3 is 6.18 Å². The van der Waals surface area contributed by atoms with Crippen LogP contribution in [-0.2, 0) is 19.7 Å². The summed E-state index contributed by atoms with van der Waals surface area (Å²) in [7, 11) is 0. The molecule has 2 amide bonds. The summed E-state index contributed by atoms with van der Waals surface area (Å²) in [5.41, 5.74) is -3.71. The second-order valence-corrected chi connectivity index (χ2v) is 9.60. The lowest BCUT2D eigenvalue weighted by Crippen LogP contribution is -2.66. The highest BCUT2D eigenvalue weighted by atomic mass is 19.4. The number of hydrogen-bond donors (Lipinski definition) is 1. The van der Waals surface area contributed by atoms with Crippen LogP contribution < -0.4 is 5.32 Å². The summed E-state index contributed by atoms with van der Waals surface area (Å²) in [6.45, 7) is 8.50. The molecule has 2 unspecified atom stereocenters. The van der Waals surface area contributed by atoms with E-state index >= 15 is 0 Å². The van der Waals surface area contributed by atoms with Crippen LogP contribution in [0.2, 0.25) is 0 Å². The molecule has 1 aromatic rings. The fraction of sp³-hybridized carbons (Fsp3) is 0.542. The predicted molar refractivity (Wildman–Crippen MR) is 115 cm³/mol. The highest BCUT2D eigenvalue weighted by Crippen LogP contribution is 2.45. The van der Waals surface area contributed by atoms with Crippen LogP contribution in [0.5, 0.6) is 0 Å². The summed E-state index contributed by atoms with van der Waals surface area (Å²) < 4.78 is 49.1. The number of amides is 2. The summed E-state index contributed by atoms with van der Waals surface area (Å²) in [6, 6.07) is 6.13. The van der Waals surface area contributed by atoms with E-state index < -0.39 is 41.0 Å². The molecule has 1 N–H and O–H groups in total. The van der Waals surface area contributed by atoms with Gasteiger partial charge in [-0.2, -0.15) is 13.2 Å².